The van der Waals surface area contributed by atoms with Gasteiger partial charge in [0.05, 0.1) is 5.56 Å². The zero-order valence-corrected chi connectivity index (χ0v) is 12.3. The first kappa shape index (κ1) is 14.4. The molecule has 0 heterocycles. The third-order valence-corrected chi connectivity index (χ3v) is 3.22. The number of hydrogen-bond acceptors (Lipinski definition) is 2. The van der Waals surface area contributed by atoms with E-state index in [1.807, 2.05) is 44.2 Å². The van der Waals surface area contributed by atoms with Gasteiger partial charge in [0.2, 0.25) is 0 Å². The van der Waals surface area contributed by atoms with Crippen molar-refractivity contribution in [3.63, 3.8) is 0 Å². The summed E-state index contributed by atoms with van der Waals surface area (Å²) in [6, 6.07) is 12.9. The number of aryl methyl sites for hydroxylation is 1. The average molecular weight is 289 g/mol. The summed E-state index contributed by atoms with van der Waals surface area (Å²) in [5.41, 5.74) is 3.15. The van der Waals surface area contributed by atoms with E-state index in [-0.39, 0.29) is 5.91 Å². The lowest BCUT2D eigenvalue weighted by Crippen LogP contribution is -2.15. The molecule has 0 aliphatic carbocycles. The molecule has 0 bridgehead atoms. The van der Waals surface area contributed by atoms with E-state index in [0.29, 0.717) is 10.6 Å². The lowest BCUT2D eigenvalue weighted by molar-refractivity contribution is 0.102. The molecule has 0 fully saturated rings. The number of carbonyl (C=O) groups excluding carboxylic acids is 1. The molecule has 0 unspecified atom stereocenters. The van der Waals surface area contributed by atoms with Crippen LogP contribution in [0.15, 0.2) is 42.5 Å². The number of nitrogens with one attached hydrogen (secondary N) is 2. The molecule has 0 aromatic heterocycles. The Labute approximate surface area is 124 Å². The molecule has 0 atom stereocenters. The highest BCUT2D eigenvalue weighted by Crippen LogP contribution is 2.22. The van der Waals surface area contributed by atoms with E-state index in [2.05, 4.69) is 10.6 Å². The molecule has 0 saturated carbocycles. The first-order chi connectivity index (χ1) is 9.61. The highest BCUT2D eigenvalue weighted by molar-refractivity contribution is 6.31. The molecule has 4 heteroatoms. The minimum absolute atomic E-state index is 0.169. The summed E-state index contributed by atoms with van der Waals surface area (Å²) in [4.78, 5) is 12.4. The van der Waals surface area contributed by atoms with E-state index >= 15 is 0 Å². The summed E-state index contributed by atoms with van der Waals surface area (Å²) < 4.78 is 0. The molecule has 0 saturated heterocycles. The number of halogens is 1. The first-order valence-electron chi connectivity index (χ1n) is 6.52. The summed E-state index contributed by atoms with van der Waals surface area (Å²) in [5.74, 6) is -0.169. The standard InChI is InChI=1S/C16H17ClN2O/c1-3-18-15-9-8-12(17)10-13(15)16(20)19-14-7-5-4-6-11(14)2/h4-10,18H,3H2,1-2H3,(H,19,20). The van der Waals surface area contributed by atoms with E-state index in [0.717, 1.165) is 23.5 Å². The summed E-state index contributed by atoms with van der Waals surface area (Å²) in [7, 11) is 0. The molecular formula is C16H17ClN2O. The topological polar surface area (TPSA) is 41.1 Å². The van der Waals surface area contributed by atoms with Crippen LogP contribution in [0.4, 0.5) is 11.4 Å². The lowest BCUT2D eigenvalue weighted by Gasteiger charge is -2.12. The minimum atomic E-state index is -0.169. The Morgan fingerprint density at radius 1 is 1.15 bits per heavy atom. The Kier molecular flexibility index (Phi) is 4.64. The predicted molar refractivity (Wildman–Crippen MR) is 84.7 cm³/mol. The molecular weight excluding hydrogens is 272 g/mol. The quantitative estimate of drug-likeness (QED) is 0.879. The van der Waals surface area contributed by atoms with Gasteiger partial charge in [-0.2, -0.15) is 0 Å². The Morgan fingerprint density at radius 2 is 1.90 bits per heavy atom. The van der Waals surface area contributed by atoms with Crippen LogP contribution in [0.2, 0.25) is 5.02 Å². The van der Waals surface area contributed by atoms with Crippen LogP contribution in [0.3, 0.4) is 0 Å². The predicted octanol–water partition coefficient (Wildman–Crippen LogP) is 4.33. The van der Waals surface area contributed by atoms with Crippen LogP contribution in [-0.4, -0.2) is 12.5 Å². The number of carbonyl (C=O) groups is 1. The van der Waals surface area contributed by atoms with Crippen molar-refractivity contribution in [2.45, 2.75) is 13.8 Å². The molecule has 3 nitrogen and oxygen atoms in total. The van der Waals surface area contributed by atoms with Crippen LogP contribution >= 0.6 is 11.6 Å². The van der Waals surface area contributed by atoms with Crippen molar-refractivity contribution in [2.75, 3.05) is 17.2 Å². The fraction of sp³-hybridized carbons (Fsp3) is 0.188. The number of amides is 1. The van der Waals surface area contributed by atoms with Crippen LogP contribution < -0.4 is 10.6 Å². The molecule has 2 aromatic rings. The third kappa shape index (κ3) is 3.31. The van der Waals surface area contributed by atoms with Crippen molar-refractivity contribution in [1.29, 1.82) is 0 Å². The Bertz CT molecular complexity index is 626. The average Bonchev–Trinajstić information content (AvgIpc) is 2.43. The molecule has 104 valence electrons. The highest BCUT2D eigenvalue weighted by atomic mass is 35.5. The molecule has 2 N–H and O–H groups in total. The zero-order chi connectivity index (χ0) is 14.5. The van der Waals surface area contributed by atoms with Gasteiger partial charge in [-0.1, -0.05) is 29.8 Å². The molecule has 0 aliphatic heterocycles. The molecule has 0 spiro atoms. The van der Waals surface area contributed by atoms with Gasteiger partial charge in [0.25, 0.3) is 5.91 Å². The third-order valence-electron chi connectivity index (χ3n) is 2.99. The van der Waals surface area contributed by atoms with Crippen LogP contribution in [0.1, 0.15) is 22.8 Å². The Balaban J connectivity index is 2.29. The van der Waals surface area contributed by atoms with Gasteiger partial charge in [-0.15, -0.1) is 0 Å². The van der Waals surface area contributed by atoms with Crippen molar-refractivity contribution in [2.24, 2.45) is 0 Å². The Hall–Kier alpha value is -2.00. The van der Waals surface area contributed by atoms with Gasteiger partial charge in [-0.25, -0.2) is 0 Å². The van der Waals surface area contributed by atoms with Gasteiger partial charge in [-0.05, 0) is 43.7 Å². The van der Waals surface area contributed by atoms with Gasteiger partial charge in [0.1, 0.15) is 0 Å². The van der Waals surface area contributed by atoms with Gasteiger partial charge < -0.3 is 10.6 Å². The fourth-order valence-electron chi connectivity index (χ4n) is 1.95. The second kappa shape index (κ2) is 6.44. The normalized spacial score (nSPS) is 10.2. The van der Waals surface area contributed by atoms with E-state index in [4.69, 9.17) is 11.6 Å². The van der Waals surface area contributed by atoms with Crippen LogP contribution in [-0.2, 0) is 0 Å². The number of rotatable bonds is 4. The van der Waals surface area contributed by atoms with Gasteiger partial charge >= 0.3 is 0 Å². The van der Waals surface area contributed by atoms with Crippen molar-refractivity contribution < 1.29 is 4.79 Å². The summed E-state index contributed by atoms with van der Waals surface area (Å²) in [5, 5.41) is 6.62. The molecule has 0 aliphatic rings. The smallest absolute Gasteiger partial charge is 0.257 e. The van der Waals surface area contributed by atoms with Crippen molar-refractivity contribution >= 4 is 28.9 Å². The summed E-state index contributed by atoms with van der Waals surface area (Å²) in [6.45, 7) is 4.68. The van der Waals surface area contributed by atoms with Gasteiger partial charge in [0.15, 0.2) is 0 Å². The van der Waals surface area contributed by atoms with Crippen LogP contribution in [0.25, 0.3) is 0 Å². The number of anilines is 2. The van der Waals surface area contributed by atoms with Gasteiger partial charge in [0, 0.05) is 22.9 Å². The van der Waals surface area contributed by atoms with Crippen molar-refractivity contribution in [3.05, 3.63) is 58.6 Å². The van der Waals surface area contributed by atoms with Crippen LogP contribution in [0, 0.1) is 6.92 Å². The molecule has 2 aromatic carbocycles. The number of para-hydroxylation sites is 1. The number of benzene rings is 2. The molecule has 20 heavy (non-hydrogen) atoms. The van der Waals surface area contributed by atoms with Crippen molar-refractivity contribution in [1.82, 2.24) is 0 Å². The first-order valence-corrected chi connectivity index (χ1v) is 6.90. The monoisotopic (exact) mass is 288 g/mol. The Morgan fingerprint density at radius 3 is 2.60 bits per heavy atom. The highest BCUT2D eigenvalue weighted by Gasteiger charge is 2.12. The second-order valence-corrected chi connectivity index (χ2v) is 4.93. The molecule has 0 radical (unpaired) electrons. The van der Waals surface area contributed by atoms with E-state index in [1.165, 1.54) is 0 Å². The summed E-state index contributed by atoms with van der Waals surface area (Å²) >= 11 is 5.99. The number of hydrogen-bond donors (Lipinski definition) is 2. The fourth-order valence-corrected chi connectivity index (χ4v) is 2.12. The van der Waals surface area contributed by atoms with Crippen molar-refractivity contribution in [3.8, 4) is 0 Å². The van der Waals surface area contributed by atoms with Crippen LogP contribution in [0.5, 0.6) is 0 Å². The SMILES string of the molecule is CCNc1ccc(Cl)cc1C(=O)Nc1ccccc1C. The van der Waals surface area contributed by atoms with E-state index < -0.39 is 0 Å². The lowest BCUT2D eigenvalue weighted by atomic mass is 10.1. The minimum Gasteiger partial charge on any atom is -0.385 e. The van der Waals surface area contributed by atoms with E-state index in [1.54, 1.807) is 12.1 Å². The second-order valence-electron chi connectivity index (χ2n) is 4.49. The molecule has 2 rings (SSSR count). The largest absolute Gasteiger partial charge is 0.385 e. The van der Waals surface area contributed by atoms with Gasteiger partial charge in [-0.3, -0.25) is 4.79 Å². The maximum absolute atomic E-state index is 12.4. The molecule has 1 amide bonds. The van der Waals surface area contributed by atoms with E-state index in [9.17, 15) is 4.79 Å². The maximum Gasteiger partial charge on any atom is 0.257 e. The zero-order valence-electron chi connectivity index (χ0n) is 11.5. The maximum atomic E-state index is 12.4. The summed E-state index contributed by atoms with van der Waals surface area (Å²) in [6.07, 6.45) is 0.